The van der Waals surface area contributed by atoms with Gasteiger partial charge in [0.1, 0.15) is 25.2 Å². The Morgan fingerprint density at radius 3 is 2.54 bits per heavy atom. The number of aromatic nitrogens is 4. The topological polar surface area (TPSA) is 261 Å². The molecule has 2 heterocycles. The van der Waals surface area contributed by atoms with Crippen molar-refractivity contribution in [1.29, 1.82) is 0 Å². The van der Waals surface area contributed by atoms with Crippen molar-refractivity contribution in [2.75, 3.05) is 6.54 Å². The van der Waals surface area contributed by atoms with E-state index in [1.807, 2.05) is 0 Å². The first-order chi connectivity index (χ1) is 18.5. The zero-order valence-electron chi connectivity index (χ0n) is 20.7. The number of esters is 1. The fraction of sp³-hybridized carbons (Fsp3) is 0.190. The molecule has 39 heavy (non-hydrogen) atoms. The van der Waals surface area contributed by atoms with Crippen LogP contribution < -0.4 is 43.8 Å². The number of aryl methyl sites for hydroxylation is 1. The second kappa shape index (κ2) is 12.0. The van der Waals surface area contributed by atoms with Crippen molar-refractivity contribution in [3.63, 3.8) is 0 Å². The maximum atomic E-state index is 12.5. The molecule has 2 aromatic heterocycles. The zero-order valence-corrected chi connectivity index (χ0v) is 20.7. The van der Waals surface area contributed by atoms with Crippen molar-refractivity contribution >= 4 is 47.2 Å². The minimum Gasteiger partial charge on any atom is -0.424 e. The number of amides is 2. The van der Waals surface area contributed by atoms with Crippen molar-refractivity contribution in [2.24, 2.45) is 46.5 Å². The van der Waals surface area contributed by atoms with Gasteiger partial charge in [-0.15, -0.1) is 10.2 Å². The molecule has 0 radical (unpaired) electrons. The summed E-state index contributed by atoms with van der Waals surface area (Å²) in [6, 6.07) is 5.89. The summed E-state index contributed by atoms with van der Waals surface area (Å²) in [6.45, 7) is -0.799. The Hall–Kier alpha value is -5.81. The number of ether oxygens (including phenoxy) is 1. The van der Waals surface area contributed by atoms with E-state index in [0.29, 0.717) is 0 Å². The lowest BCUT2D eigenvalue weighted by Crippen LogP contribution is -2.40. The highest BCUT2D eigenvalue weighted by molar-refractivity contribution is 6.03. The van der Waals surface area contributed by atoms with Gasteiger partial charge in [-0.1, -0.05) is 12.1 Å². The molecule has 1 aromatic carbocycles. The Labute approximate surface area is 218 Å². The molecule has 0 saturated carbocycles. The number of fused-ring (bicyclic) bond motifs is 1. The van der Waals surface area contributed by atoms with E-state index in [4.69, 9.17) is 21.9 Å². The van der Waals surface area contributed by atoms with Gasteiger partial charge >= 0.3 is 11.7 Å². The molecular formula is C21H24N12O6. The molecule has 0 aliphatic heterocycles. The van der Waals surface area contributed by atoms with E-state index in [1.54, 1.807) is 12.1 Å². The number of carbonyl (C=O) groups excluding carboxylic acids is 3. The number of aliphatic imine (C=N–C) groups is 1. The third-order valence-corrected chi connectivity index (χ3v) is 4.96. The molecule has 0 aliphatic rings. The van der Waals surface area contributed by atoms with Gasteiger partial charge in [-0.3, -0.25) is 28.8 Å². The summed E-state index contributed by atoms with van der Waals surface area (Å²) in [6.07, 6.45) is 2.13. The molecular weight excluding hydrogens is 516 g/mol. The van der Waals surface area contributed by atoms with Crippen LogP contribution in [0.2, 0.25) is 0 Å². The number of hydrogen-bond acceptors (Lipinski definition) is 10. The van der Waals surface area contributed by atoms with Crippen LogP contribution in [0.3, 0.4) is 0 Å². The smallest absolute Gasteiger partial charge is 0.333 e. The van der Waals surface area contributed by atoms with Gasteiger partial charge in [0.2, 0.25) is 11.9 Å². The summed E-state index contributed by atoms with van der Waals surface area (Å²) in [4.78, 5) is 68.7. The van der Waals surface area contributed by atoms with Gasteiger partial charge in [-0.05, 0) is 12.1 Å². The van der Waals surface area contributed by atoms with Crippen LogP contribution in [0.1, 0.15) is 10.4 Å². The van der Waals surface area contributed by atoms with Gasteiger partial charge in [0, 0.05) is 14.1 Å². The van der Waals surface area contributed by atoms with Crippen LogP contribution in [0.25, 0.3) is 11.2 Å². The van der Waals surface area contributed by atoms with Gasteiger partial charge in [0.15, 0.2) is 17.1 Å². The Morgan fingerprint density at radius 2 is 1.82 bits per heavy atom. The number of para-hydroxylation sites is 1. The average Bonchev–Trinajstić information content (AvgIpc) is 3.31. The Morgan fingerprint density at radius 1 is 1.10 bits per heavy atom. The summed E-state index contributed by atoms with van der Waals surface area (Å²) in [5, 5.41) is 11.7. The number of hydrogen-bond donors (Lipinski definition) is 5. The first kappa shape index (κ1) is 27.8. The van der Waals surface area contributed by atoms with E-state index in [1.165, 1.54) is 41.7 Å². The number of carbonyl (C=O) groups is 3. The third kappa shape index (κ3) is 6.70. The lowest BCUT2D eigenvalue weighted by Gasteiger charge is -2.08. The summed E-state index contributed by atoms with van der Waals surface area (Å²) in [7, 11) is 2.76. The normalized spacial score (nSPS) is 11.4. The van der Waals surface area contributed by atoms with Gasteiger partial charge in [-0.2, -0.15) is 0 Å². The number of nitrogens with one attached hydrogen (secondary N) is 2. The number of rotatable bonds is 8. The van der Waals surface area contributed by atoms with Crippen molar-refractivity contribution in [2.45, 2.75) is 6.54 Å². The van der Waals surface area contributed by atoms with Gasteiger partial charge in [0.25, 0.3) is 11.5 Å². The summed E-state index contributed by atoms with van der Waals surface area (Å²) >= 11 is 0. The quantitative estimate of drug-likeness (QED) is 0.0616. The molecule has 0 unspecified atom stereocenters. The number of nitrogens with two attached hydrogens (primary N) is 3. The first-order valence-corrected chi connectivity index (χ1v) is 10.9. The van der Waals surface area contributed by atoms with Gasteiger partial charge < -0.3 is 31.8 Å². The van der Waals surface area contributed by atoms with Crippen molar-refractivity contribution in [3.8, 4) is 5.75 Å². The van der Waals surface area contributed by atoms with Crippen LogP contribution >= 0.6 is 0 Å². The predicted octanol–water partition coefficient (Wildman–Crippen LogP) is -3.58. The zero-order chi connectivity index (χ0) is 28.7. The number of imidazole rings is 1. The molecule has 3 aromatic rings. The molecule has 0 saturated heterocycles. The van der Waals surface area contributed by atoms with Crippen LogP contribution in [0.15, 0.2) is 55.4 Å². The van der Waals surface area contributed by atoms with Crippen molar-refractivity contribution in [3.05, 3.63) is 57.0 Å². The fourth-order valence-corrected chi connectivity index (χ4v) is 3.19. The third-order valence-electron chi connectivity index (χ3n) is 4.96. The average molecular weight is 541 g/mol. The highest BCUT2D eigenvalue weighted by Gasteiger charge is 2.17. The SMILES string of the molecule is Cn1c(=O)c2c(ncn2CC(=O)NC(N)=N/N=C/NC(=O)c2ccccc2OC(=O)CN=C(N)N)n(C)c1=O. The van der Waals surface area contributed by atoms with Crippen LogP contribution in [-0.2, 0) is 30.2 Å². The molecule has 0 aliphatic carbocycles. The minimum absolute atomic E-state index is 0.00320. The Bertz CT molecular complexity index is 1640. The van der Waals surface area contributed by atoms with Gasteiger partial charge in [0.05, 0.1) is 11.9 Å². The second-order valence-corrected chi connectivity index (χ2v) is 7.71. The Balaban J connectivity index is 1.60. The standard InChI is InChI=1S/C21H24N12O6/c1-31-16-15(18(37)32(2)21(31)38)33(10-27-16)8-13(34)29-20(24)30-28-9-26-17(36)11-5-3-4-6-12(11)39-14(35)7-25-19(22)23/h3-6,9-10H,7-8H2,1-2H3,(H4,22,23,25)(H,26,28,36)(H3,24,29,30,34). The molecule has 0 bridgehead atoms. The van der Waals surface area contributed by atoms with Crippen LogP contribution in [0.4, 0.5) is 0 Å². The maximum Gasteiger partial charge on any atom is 0.333 e. The van der Waals surface area contributed by atoms with Crippen molar-refractivity contribution < 1.29 is 19.1 Å². The molecule has 18 heteroatoms. The van der Waals surface area contributed by atoms with E-state index >= 15 is 0 Å². The van der Waals surface area contributed by atoms with E-state index < -0.39 is 41.5 Å². The van der Waals surface area contributed by atoms with E-state index in [9.17, 15) is 24.0 Å². The molecule has 18 nitrogen and oxygen atoms in total. The van der Waals surface area contributed by atoms with Gasteiger partial charge in [-0.25, -0.2) is 19.6 Å². The molecule has 0 atom stereocenters. The maximum absolute atomic E-state index is 12.5. The highest BCUT2D eigenvalue weighted by atomic mass is 16.5. The summed E-state index contributed by atoms with van der Waals surface area (Å²) in [5.41, 5.74) is 15.0. The Kier molecular flexibility index (Phi) is 8.51. The van der Waals surface area contributed by atoms with E-state index in [0.717, 1.165) is 10.9 Å². The van der Waals surface area contributed by atoms with Crippen LogP contribution in [0, 0.1) is 0 Å². The molecule has 0 spiro atoms. The fourth-order valence-electron chi connectivity index (χ4n) is 3.19. The summed E-state index contributed by atoms with van der Waals surface area (Å²) in [5.74, 6) is -2.90. The van der Waals surface area contributed by atoms with Crippen LogP contribution in [0.5, 0.6) is 5.75 Å². The monoisotopic (exact) mass is 540 g/mol. The highest BCUT2D eigenvalue weighted by Crippen LogP contribution is 2.17. The van der Waals surface area contributed by atoms with Crippen molar-refractivity contribution in [1.82, 2.24) is 29.3 Å². The molecule has 0 fully saturated rings. The van der Waals surface area contributed by atoms with Crippen LogP contribution in [-0.4, -0.2) is 61.3 Å². The number of guanidine groups is 2. The molecule has 3 rings (SSSR count). The summed E-state index contributed by atoms with van der Waals surface area (Å²) < 4.78 is 8.43. The molecule has 8 N–H and O–H groups in total. The van der Waals surface area contributed by atoms with E-state index in [-0.39, 0.29) is 35.0 Å². The lowest BCUT2D eigenvalue weighted by molar-refractivity contribution is -0.132. The second-order valence-electron chi connectivity index (χ2n) is 7.71. The number of benzene rings is 1. The molecule has 2 amide bonds. The first-order valence-electron chi connectivity index (χ1n) is 10.9. The number of nitrogens with zero attached hydrogens (tertiary/aromatic N) is 7. The lowest BCUT2D eigenvalue weighted by atomic mass is 10.2. The minimum atomic E-state index is -0.793. The predicted molar refractivity (Wildman–Crippen MR) is 139 cm³/mol. The largest absolute Gasteiger partial charge is 0.424 e. The molecule has 204 valence electrons. The van der Waals surface area contributed by atoms with E-state index in [2.05, 4.69) is 30.8 Å².